The molecule has 0 aliphatic carbocycles. The van der Waals surface area contributed by atoms with Crippen molar-refractivity contribution in [2.45, 2.75) is 50.2 Å². The average molecular weight is 391 g/mol. The van der Waals surface area contributed by atoms with E-state index in [1.807, 2.05) is 6.07 Å². The lowest BCUT2D eigenvalue weighted by atomic mass is 10.2. The maximum atomic E-state index is 12.7. The van der Waals surface area contributed by atoms with Crippen molar-refractivity contribution in [3.8, 4) is 0 Å². The average Bonchev–Trinajstić information content (AvgIpc) is 3.06. The van der Waals surface area contributed by atoms with Crippen molar-refractivity contribution < 1.29 is 8.42 Å². The van der Waals surface area contributed by atoms with E-state index in [1.165, 1.54) is 18.4 Å². The van der Waals surface area contributed by atoms with Gasteiger partial charge in [-0.25, -0.2) is 17.5 Å². The van der Waals surface area contributed by atoms with Gasteiger partial charge in [0.05, 0.1) is 4.90 Å². The van der Waals surface area contributed by atoms with Crippen LogP contribution in [0.2, 0.25) is 0 Å². The Labute approximate surface area is 159 Å². The Morgan fingerprint density at radius 1 is 1.11 bits per heavy atom. The maximum absolute atomic E-state index is 12.7. The highest BCUT2D eigenvalue weighted by Crippen LogP contribution is 2.31. The minimum absolute atomic E-state index is 0.0489. The number of benzene rings is 1. The molecule has 9 heteroatoms. The quantitative estimate of drug-likeness (QED) is 0.778. The SMILES string of the molecule is CN(C)S(=O)(=O)c1ccc2c(c1)CCN2Cn1nc2n(c1=O)CCCCC2. The van der Waals surface area contributed by atoms with Crippen molar-refractivity contribution in [3.63, 3.8) is 0 Å². The van der Waals surface area contributed by atoms with Crippen molar-refractivity contribution in [2.24, 2.45) is 0 Å². The van der Waals surface area contributed by atoms with Crippen LogP contribution >= 0.6 is 0 Å². The summed E-state index contributed by atoms with van der Waals surface area (Å²) in [6, 6.07) is 5.22. The molecule has 0 saturated carbocycles. The highest BCUT2D eigenvalue weighted by molar-refractivity contribution is 7.89. The molecule has 0 N–H and O–H groups in total. The number of aromatic nitrogens is 3. The first-order valence-electron chi connectivity index (χ1n) is 9.35. The summed E-state index contributed by atoms with van der Waals surface area (Å²) in [5, 5.41) is 4.55. The molecule has 146 valence electrons. The summed E-state index contributed by atoms with van der Waals surface area (Å²) in [5.74, 6) is 0.879. The Hall–Kier alpha value is -2.13. The summed E-state index contributed by atoms with van der Waals surface area (Å²) in [6.07, 6.45) is 4.85. The van der Waals surface area contributed by atoms with E-state index in [1.54, 1.807) is 21.4 Å². The molecule has 1 aromatic heterocycles. The Morgan fingerprint density at radius 3 is 2.70 bits per heavy atom. The van der Waals surface area contributed by atoms with Gasteiger partial charge in [0.15, 0.2) is 0 Å². The van der Waals surface area contributed by atoms with E-state index in [9.17, 15) is 13.2 Å². The molecule has 0 fully saturated rings. The second-order valence-electron chi connectivity index (χ2n) is 7.39. The van der Waals surface area contributed by atoms with Gasteiger partial charge < -0.3 is 4.90 Å². The molecule has 2 aliphatic heterocycles. The molecule has 3 heterocycles. The van der Waals surface area contributed by atoms with Crippen LogP contribution in [0.4, 0.5) is 5.69 Å². The van der Waals surface area contributed by atoms with Gasteiger partial charge in [-0.1, -0.05) is 6.42 Å². The van der Waals surface area contributed by atoms with E-state index in [4.69, 9.17) is 0 Å². The third-order valence-electron chi connectivity index (χ3n) is 5.41. The first kappa shape index (κ1) is 18.2. The zero-order valence-corrected chi connectivity index (χ0v) is 16.6. The number of hydrogen-bond acceptors (Lipinski definition) is 5. The Bertz CT molecular complexity index is 1020. The number of hydrogen-bond donors (Lipinski definition) is 0. The molecule has 2 aliphatic rings. The Morgan fingerprint density at radius 2 is 1.93 bits per heavy atom. The summed E-state index contributed by atoms with van der Waals surface area (Å²) in [5.41, 5.74) is 1.92. The first-order chi connectivity index (χ1) is 12.9. The molecule has 0 bridgehead atoms. The largest absolute Gasteiger partial charge is 0.351 e. The third kappa shape index (κ3) is 3.19. The third-order valence-corrected chi connectivity index (χ3v) is 7.22. The minimum atomic E-state index is -3.44. The van der Waals surface area contributed by atoms with Crippen LogP contribution < -0.4 is 10.6 Å². The van der Waals surface area contributed by atoms with E-state index in [-0.39, 0.29) is 5.69 Å². The van der Waals surface area contributed by atoms with Crippen LogP contribution in [0.1, 0.15) is 30.7 Å². The lowest BCUT2D eigenvalue weighted by Gasteiger charge is -2.19. The zero-order chi connectivity index (χ0) is 19.2. The van der Waals surface area contributed by atoms with Crippen molar-refractivity contribution in [2.75, 3.05) is 25.5 Å². The highest BCUT2D eigenvalue weighted by atomic mass is 32.2. The summed E-state index contributed by atoms with van der Waals surface area (Å²) in [6.45, 7) is 1.89. The van der Waals surface area contributed by atoms with Crippen LogP contribution in [-0.2, 0) is 36.1 Å². The van der Waals surface area contributed by atoms with Crippen LogP contribution in [0.25, 0.3) is 0 Å². The normalized spacial score (nSPS) is 17.1. The molecule has 0 spiro atoms. The van der Waals surface area contributed by atoms with Gasteiger partial charge in [0.2, 0.25) is 10.0 Å². The topological polar surface area (TPSA) is 80.4 Å². The van der Waals surface area contributed by atoms with Crippen molar-refractivity contribution in [1.29, 1.82) is 0 Å². The molecule has 0 radical (unpaired) electrons. The molecule has 0 atom stereocenters. The second-order valence-corrected chi connectivity index (χ2v) is 9.55. The molecular formula is C18H25N5O3S. The van der Waals surface area contributed by atoms with Gasteiger partial charge >= 0.3 is 5.69 Å². The number of anilines is 1. The minimum Gasteiger partial charge on any atom is -0.351 e. The molecule has 0 saturated heterocycles. The molecular weight excluding hydrogens is 366 g/mol. The van der Waals surface area contributed by atoms with Gasteiger partial charge in [0, 0.05) is 39.3 Å². The lowest BCUT2D eigenvalue weighted by molar-refractivity contribution is 0.520. The summed E-state index contributed by atoms with van der Waals surface area (Å²) < 4.78 is 29.3. The zero-order valence-electron chi connectivity index (χ0n) is 15.8. The lowest BCUT2D eigenvalue weighted by Crippen LogP contribution is -2.33. The van der Waals surface area contributed by atoms with Gasteiger partial charge in [-0.05, 0) is 43.0 Å². The van der Waals surface area contributed by atoms with Crippen LogP contribution in [0.15, 0.2) is 27.9 Å². The standard InChI is InChI=1S/C18H25N5O3S/c1-20(2)27(25,26)15-7-8-16-14(12-15)9-11-21(16)13-23-18(24)22-10-5-3-4-6-17(22)19-23/h7-8,12H,3-6,9-11,13H2,1-2H3. The van der Waals surface area contributed by atoms with Crippen LogP contribution in [0.3, 0.4) is 0 Å². The van der Waals surface area contributed by atoms with E-state index < -0.39 is 10.0 Å². The fourth-order valence-electron chi connectivity index (χ4n) is 3.84. The van der Waals surface area contributed by atoms with Crippen molar-refractivity contribution in [1.82, 2.24) is 18.7 Å². The number of aryl methyl sites for hydroxylation is 1. The predicted octanol–water partition coefficient (Wildman–Crippen LogP) is 1.04. The molecule has 0 unspecified atom stereocenters. The van der Waals surface area contributed by atoms with Gasteiger partial charge in [-0.15, -0.1) is 0 Å². The number of sulfonamides is 1. The summed E-state index contributed by atoms with van der Waals surface area (Å²) in [4.78, 5) is 15.1. The fraction of sp³-hybridized carbons (Fsp3) is 0.556. The van der Waals surface area contributed by atoms with Gasteiger partial charge in [-0.3, -0.25) is 4.57 Å². The molecule has 27 heavy (non-hydrogen) atoms. The molecule has 2 aromatic rings. The number of rotatable bonds is 4. The number of fused-ring (bicyclic) bond motifs is 2. The molecule has 1 aromatic carbocycles. The van der Waals surface area contributed by atoms with Crippen LogP contribution in [0.5, 0.6) is 0 Å². The van der Waals surface area contributed by atoms with Crippen LogP contribution in [-0.4, -0.2) is 47.7 Å². The smallest absolute Gasteiger partial charge is 0.347 e. The second kappa shape index (κ2) is 6.79. The van der Waals surface area contributed by atoms with Crippen LogP contribution in [0, 0.1) is 0 Å². The van der Waals surface area contributed by atoms with Gasteiger partial charge in [0.25, 0.3) is 0 Å². The summed E-state index contributed by atoms with van der Waals surface area (Å²) in [7, 11) is -0.380. The Balaban J connectivity index is 1.60. The van der Waals surface area contributed by atoms with E-state index in [2.05, 4.69) is 10.00 Å². The highest BCUT2D eigenvalue weighted by Gasteiger charge is 2.25. The molecule has 0 amide bonds. The first-order valence-corrected chi connectivity index (χ1v) is 10.8. The Kier molecular flexibility index (Phi) is 4.59. The van der Waals surface area contributed by atoms with Gasteiger partial charge in [-0.2, -0.15) is 9.78 Å². The van der Waals surface area contributed by atoms with Gasteiger partial charge in [0.1, 0.15) is 12.5 Å². The number of nitrogens with zero attached hydrogens (tertiary/aromatic N) is 5. The van der Waals surface area contributed by atoms with E-state index >= 15 is 0 Å². The van der Waals surface area contributed by atoms with E-state index in [0.717, 1.165) is 62.3 Å². The van der Waals surface area contributed by atoms with E-state index in [0.29, 0.717) is 11.6 Å². The molecule has 4 rings (SSSR count). The fourth-order valence-corrected chi connectivity index (χ4v) is 4.80. The van der Waals surface area contributed by atoms with Crippen molar-refractivity contribution in [3.05, 3.63) is 40.1 Å². The van der Waals surface area contributed by atoms with Crippen molar-refractivity contribution >= 4 is 15.7 Å². The molecule has 8 nitrogen and oxygen atoms in total. The monoisotopic (exact) mass is 391 g/mol. The summed E-state index contributed by atoms with van der Waals surface area (Å²) >= 11 is 0. The predicted molar refractivity (Wildman–Crippen MR) is 102 cm³/mol. The maximum Gasteiger partial charge on any atom is 0.347 e.